The largest absolute Gasteiger partial charge is 0.452 e. The lowest BCUT2D eigenvalue weighted by atomic mass is 10.1. The number of halogens is 2. The fourth-order valence-corrected chi connectivity index (χ4v) is 6.20. The van der Waals surface area contributed by atoms with Gasteiger partial charge in [0, 0.05) is 12.6 Å². The third kappa shape index (κ3) is 4.91. The molecular weight excluding hydrogens is 519 g/mol. The van der Waals surface area contributed by atoms with Gasteiger partial charge in [0.15, 0.2) is 16.4 Å². The first-order chi connectivity index (χ1) is 16.5. The number of anilines is 1. The maximum Gasteiger partial charge on any atom is 0.338 e. The van der Waals surface area contributed by atoms with Crippen LogP contribution in [0.5, 0.6) is 0 Å². The number of imide groups is 1. The van der Waals surface area contributed by atoms with Crippen LogP contribution in [0.3, 0.4) is 0 Å². The second kappa shape index (κ2) is 9.60. The van der Waals surface area contributed by atoms with Gasteiger partial charge in [-0.2, -0.15) is 0 Å². The number of benzene rings is 2. The SMILES string of the molecule is CCN(C(=O)COC(=O)c1ccc2c(c1)C(=O)N(c1ccc(Cl)c(Cl)c1)C2=O)[C@@H]1CCS(=O)(=O)C1. The number of amides is 3. The fraction of sp³-hybridized carbons (Fsp3) is 0.304. The predicted molar refractivity (Wildman–Crippen MR) is 129 cm³/mol. The van der Waals surface area contributed by atoms with Crippen LogP contribution in [0.4, 0.5) is 5.69 Å². The standard InChI is InChI=1S/C23H20Cl2N2O7S/c1-2-26(15-7-8-35(32,33)12-15)20(28)11-34-23(31)13-3-5-16-17(9-13)22(30)27(21(16)29)14-4-6-18(24)19(25)10-14/h3-6,9-10,15H,2,7-8,11-12H2,1H3/t15-/m1/s1. The molecule has 2 aromatic rings. The minimum absolute atomic E-state index is 0.00759. The van der Waals surface area contributed by atoms with Gasteiger partial charge in [-0.05, 0) is 49.7 Å². The predicted octanol–water partition coefficient (Wildman–Crippen LogP) is 2.99. The highest BCUT2D eigenvalue weighted by Gasteiger charge is 2.38. The van der Waals surface area contributed by atoms with E-state index in [0.717, 1.165) is 4.90 Å². The molecule has 2 aliphatic rings. The van der Waals surface area contributed by atoms with Crippen LogP contribution in [0.25, 0.3) is 0 Å². The average molecular weight is 539 g/mol. The van der Waals surface area contributed by atoms with Crippen LogP contribution >= 0.6 is 23.2 Å². The van der Waals surface area contributed by atoms with E-state index >= 15 is 0 Å². The van der Waals surface area contributed by atoms with Crippen LogP contribution in [0.15, 0.2) is 36.4 Å². The third-order valence-electron chi connectivity index (χ3n) is 5.92. The molecule has 1 saturated heterocycles. The van der Waals surface area contributed by atoms with E-state index in [0.29, 0.717) is 6.42 Å². The van der Waals surface area contributed by atoms with Gasteiger partial charge in [0.2, 0.25) is 0 Å². The van der Waals surface area contributed by atoms with Crippen molar-refractivity contribution in [2.24, 2.45) is 0 Å². The van der Waals surface area contributed by atoms with Crippen LogP contribution in [-0.2, 0) is 19.4 Å². The van der Waals surface area contributed by atoms with Crippen molar-refractivity contribution in [3.63, 3.8) is 0 Å². The van der Waals surface area contributed by atoms with Crippen LogP contribution < -0.4 is 4.90 Å². The Labute approximate surface area is 211 Å². The highest BCUT2D eigenvalue weighted by atomic mass is 35.5. The van der Waals surface area contributed by atoms with Crippen molar-refractivity contribution in [2.45, 2.75) is 19.4 Å². The molecule has 35 heavy (non-hydrogen) atoms. The molecule has 3 amide bonds. The highest BCUT2D eigenvalue weighted by molar-refractivity contribution is 7.91. The molecule has 2 aliphatic heterocycles. The zero-order valence-corrected chi connectivity index (χ0v) is 20.8. The van der Waals surface area contributed by atoms with Gasteiger partial charge >= 0.3 is 5.97 Å². The van der Waals surface area contributed by atoms with E-state index < -0.39 is 46.2 Å². The summed E-state index contributed by atoms with van der Waals surface area (Å²) in [4.78, 5) is 53.2. The first kappa shape index (κ1) is 25.2. The molecule has 0 aromatic heterocycles. The molecule has 0 spiro atoms. The smallest absolute Gasteiger partial charge is 0.338 e. The number of nitrogens with zero attached hydrogens (tertiary/aromatic N) is 2. The van der Waals surface area contributed by atoms with Crippen molar-refractivity contribution >= 4 is 62.4 Å². The fourth-order valence-electron chi connectivity index (χ4n) is 4.18. The van der Waals surface area contributed by atoms with Gasteiger partial charge < -0.3 is 9.64 Å². The van der Waals surface area contributed by atoms with Gasteiger partial charge in [-0.25, -0.2) is 18.1 Å². The number of carbonyl (C=O) groups is 4. The molecule has 4 rings (SSSR count). The summed E-state index contributed by atoms with van der Waals surface area (Å²) >= 11 is 11.9. The number of hydrogen-bond acceptors (Lipinski definition) is 7. The number of sulfone groups is 1. The third-order valence-corrected chi connectivity index (χ3v) is 8.41. The van der Waals surface area contributed by atoms with E-state index in [1.807, 2.05) is 0 Å². The molecule has 0 aliphatic carbocycles. The molecule has 0 unspecified atom stereocenters. The molecule has 9 nitrogen and oxygen atoms in total. The van der Waals surface area contributed by atoms with E-state index in [1.54, 1.807) is 6.92 Å². The Morgan fingerprint density at radius 2 is 1.77 bits per heavy atom. The Kier molecular flexibility index (Phi) is 6.90. The number of likely N-dealkylation sites (N-methyl/N-ethyl adjacent to an activating group) is 1. The molecule has 0 radical (unpaired) electrons. The monoisotopic (exact) mass is 538 g/mol. The van der Waals surface area contributed by atoms with Crippen molar-refractivity contribution in [2.75, 3.05) is 29.6 Å². The van der Waals surface area contributed by atoms with Crippen molar-refractivity contribution in [3.8, 4) is 0 Å². The maximum atomic E-state index is 12.9. The minimum atomic E-state index is -3.18. The summed E-state index contributed by atoms with van der Waals surface area (Å²) in [6.45, 7) is 1.41. The number of esters is 1. The summed E-state index contributed by atoms with van der Waals surface area (Å²) in [5.41, 5.74) is 0.329. The molecule has 12 heteroatoms. The quantitative estimate of drug-likeness (QED) is 0.409. The van der Waals surface area contributed by atoms with Crippen LogP contribution in [0.1, 0.15) is 44.4 Å². The number of ether oxygens (including phenoxy) is 1. The molecule has 0 bridgehead atoms. The zero-order valence-electron chi connectivity index (χ0n) is 18.5. The van der Waals surface area contributed by atoms with E-state index in [1.165, 1.54) is 41.3 Å². The lowest BCUT2D eigenvalue weighted by Crippen LogP contribution is -2.43. The number of hydrogen-bond donors (Lipinski definition) is 0. The summed E-state index contributed by atoms with van der Waals surface area (Å²) in [5, 5.41) is 0.439. The van der Waals surface area contributed by atoms with Crippen molar-refractivity contribution in [1.29, 1.82) is 0 Å². The van der Waals surface area contributed by atoms with Crippen molar-refractivity contribution in [1.82, 2.24) is 4.90 Å². The number of rotatable bonds is 6. The molecular formula is C23H20Cl2N2O7S. The Balaban J connectivity index is 1.46. The average Bonchev–Trinajstić information content (AvgIpc) is 3.30. The molecule has 1 fully saturated rings. The summed E-state index contributed by atoms with van der Waals surface area (Å²) in [6.07, 6.45) is 0.339. The number of carbonyl (C=O) groups excluding carboxylic acids is 4. The van der Waals surface area contributed by atoms with E-state index in [9.17, 15) is 27.6 Å². The summed E-state index contributed by atoms with van der Waals surface area (Å²) in [5.74, 6) is -2.69. The lowest BCUT2D eigenvalue weighted by Gasteiger charge is -2.26. The molecule has 184 valence electrons. The second-order valence-electron chi connectivity index (χ2n) is 8.12. The number of fused-ring (bicyclic) bond motifs is 1. The highest BCUT2D eigenvalue weighted by Crippen LogP contribution is 2.33. The topological polar surface area (TPSA) is 118 Å². The molecule has 2 heterocycles. The van der Waals surface area contributed by atoms with Crippen molar-refractivity contribution < 1.29 is 32.3 Å². The van der Waals surface area contributed by atoms with E-state index in [4.69, 9.17) is 27.9 Å². The van der Waals surface area contributed by atoms with Crippen LogP contribution in [-0.4, -0.2) is 67.7 Å². The van der Waals surface area contributed by atoms with Crippen LogP contribution in [0, 0.1) is 0 Å². The summed E-state index contributed by atoms with van der Waals surface area (Å²) in [7, 11) is -3.18. The van der Waals surface area contributed by atoms with Crippen LogP contribution in [0.2, 0.25) is 10.0 Å². The first-order valence-corrected chi connectivity index (χ1v) is 13.2. The molecule has 2 aromatic carbocycles. The summed E-state index contributed by atoms with van der Waals surface area (Å²) in [6, 6.07) is 7.79. The Morgan fingerprint density at radius 3 is 2.40 bits per heavy atom. The molecule has 0 N–H and O–H groups in total. The second-order valence-corrected chi connectivity index (χ2v) is 11.2. The first-order valence-electron chi connectivity index (χ1n) is 10.7. The zero-order chi connectivity index (χ0) is 25.5. The molecule has 0 saturated carbocycles. The van der Waals surface area contributed by atoms with Gasteiger partial charge in [0.05, 0.1) is 43.9 Å². The van der Waals surface area contributed by atoms with Crippen molar-refractivity contribution in [3.05, 3.63) is 63.1 Å². The van der Waals surface area contributed by atoms with Gasteiger partial charge in [-0.15, -0.1) is 0 Å². The Morgan fingerprint density at radius 1 is 1.06 bits per heavy atom. The Hall–Kier alpha value is -2.95. The maximum absolute atomic E-state index is 12.9. The van der Waals surface area contributed by atoms with Gasteiger partial charge in [0.25, 0.3) is 17.7 Å². The van der Waals surface area contributed by atoms with E-state index in [-0.39, 0.29) is 50.5 Å². The molecule has 1 atom stereocenters. The normalized spacial score (nSPS) is 18.5. The lowest BCUT2D eigenvalue weighted by molar-refractivity contribution is -0.136. The minimum Gasteiger partial charge on any atom is -0.452 e. The summed E-state index contributed by atoms with van der Waals surface area (Å²) < 4.78 is 28.6. The van der Waals surface area contributed by atoms with Gasteiger partial charge in [-0.3, -0.25) is 14.4 Å². The van der Waals surface area contributed by atoms with Gasteiger partial charge in [-0.1, -0.05) is 23.2 Å². The van der Waals surface area contributed by atoms with E-state index in [2.05, 4.69) is 0 Å². The Bertz CT molecular complexity index is 1360. The van der Waals surface area contributed by atoms with Gasteiger partial charge in [0.1, 0.15) is 0 Å².